The first-order valence-corrected chi connectivity index (χ1v) is 0. The van der Waals surface area contributed by atoms with Crippen molar-refractivity contribution in [2.24, 2.45) is 0 Å². The summed E-state index contributed by atoms with van der Waals surface area (Å²) in [6, 6.07) is 0. The van der Waals surface area contributed by atoms with Gasteiger partial charge in [0.1, 0.15) is 0 Å². The molecule has 0 spiro atoms. The van der Waals surface area contributed by atoms with Crippen LogP contribution in [0.15, 0.2) is 0 Å². The molecule has 0 bridgehead atoms. The normalized spacial score (nSPS) is 0. The molecule has 0 saturated heterocycles. The van der Waals surface area contributed by atoms with E-state index in [4.69, 9.17) is 0 Å². The third kappa shape index (κ3) is 33.6. The first-order chi connectivity index (χ1) is 0. The summed E-state index contributed by atoms with van der Waals surface area (Å²) in [6.07, 6.45) is 0. The Balaban J connectivity index is 0. The van der Waals surface area contributed by atoms with E-state index in [1.165, 1.54) is 0 Å². The second-order valence-corrected chi connectivity index (χ2v) is 0. The van der Waals surface area contributed by atoms with Crippen molar-refractivity contribution in [2.75, 3.05) is 0 Å². The molecule has 0 aliphatic rings. The van der Waals surface area contributed by atoms with Crippen molar-refractivity contribution in [1.82, 2.24) is 6.15 Å². The van der Waals surface area contributed by atoms with E-state index in [1.54, 1.807) is 0 Å². The van der Waals surface area contributed by atoms with Crippen molar-refractivity contribution < 1.29 is 16.5 Å². The van der Waals surface area contributed by atoms with E-state index in [1.807, 2.05) is 0 Å². The minimum Gasteiger partial charge on any atom is -0.344 e. The van der Waals surface area contributed by atoms with Crippen LogP contribution in [0.4, 0.5) is 0 Å². The van der Waals surface area contributed by atoms with Crippen LogP contribution < -0.4 is 6.15 Å². The minimum atomic E-state index is 0. The van der Waals surface area contributed by atoms with Crippen LogP contribution in [-0.2, 0) is 16.5 Å². The van der Waals surface area contributed by atoms with Gasteiger partial charge in [0.05, 0.1) is 0 Å². The summed E-state index contributed by atoms with van der Waals surface area (Å²) >= 11 is 0. The van der Waals surface area contributed by atoms with Crippen molar-refractivity contribution in [1.29, 1.82) is 0 Å². The molecule has 0 aliphatic heterocycles. The molecule has 0 amide bonds. The zero-order chi connectivity index (χ0) is 0. The van der Waals surface area contributed by atoms with Crippen LogP contribution in [0.2, 0.25) is 0 Å². The molecule has 0 aliphatic carbocycles. The molecule has 0 heterocycles. The monoisotopic (exact) mass is 183 g/mol. The predicted octanol–water partition coefficient (Wildman–Crippen LogP) is 1.42. The number of hydrogen-bond acceptors (Lipinski definition) is 1. The van der Waals surface area contributed by atoms with Crippen LogP contribution in [-0.4, -0.2) is 0 Å². The molecule has 0 rings (SSSR count). The van der Waals surface area contributed by atoms with Crippen molar-refractivity contribution in [3.63, 3.8) is 0 Å². The third-order valence-electron chi connectivity index (χ3n) is 0. The average molecular weight is 185 g/mol. The molecular weight excluding hydrogens is 179 g/mol. The maximum Gasteiger partial charge on any atom is 0 e. The molecule has 0 aromatic heterocycles. The third-order valence-corrected chi connectivity index (χ3v) is 0. The van der Waals surface area contributed by atoms with Gasteiger partial charge in [0.2, 0.25) is 0 Å². The maximum atomic E-state index is 0. The van der Waals surface area contributed by atoms with Gasteiger partial charge in [0.15, 0.2) is 0 Å². The standard InChI is InChI=1S/3ClH.H3N.Ni/h3*1H;1H3;. The van der Waals surface area contributed by atoms with E-state index in [9.17, 15) is 0 Å². The SMILES string of the molecule is Cl.Cl.Cl.N.[Ni]. The second-order valence-electron chi connectivity index (χ2n) is 0. The molecule has 0 saturated carbocycles. The van der Waals surface area contributed by atoms with Crippen LogP contribution in [0.1, 0.15) is 0 Å². The Morgan fingerprint density at radius 1 is 0.600 bits per heavy atom. The molecule has 0 unspecified atom stereocenters. The fraction of sp³-hybridized carbons (Fsp3) is 0. The maximum absolute atomic E-state index is 0. The molecule has 5 heavy (non-hydrogen) atoms. The Labute approximate surface area is 60.0 Å². The van der Waals surface area contributed by atoms with Gasteiger partial charge in [-0.25, -0.2) is 0 Å². The van der Waals surface area contributed by atoms with Gasteiger partial charge in [0.25, 0.3) is 0 Å². The van der Waals surface area contributed by atoms with Gasteiger partial charge in [-0.3, -0.25) is 0 Å². The molecule has 1 nitrogen and oxygen atoms in total. The molecule has 5 heteroatoms. The Bertz CT molecular complexity index is 6.85. The first-order valence-electron chi connectivity index (χ1n) is 0. The summed E-state index contributed by atoms with van der Waals surface area (Å²) in [5.41, 5.74) is 0. The van der Waals surface area contributed by atoms with Crippen LogP contribution >= 0.6 is 37.2 Å². The molecular formula is H6Cl3NNi. The van der Waals surface area contributed by atoms with Gasteiger partial charge in [-0.2, -0.15) is 0 Å². The summed E-state index contributed by atoms with van der Waals surface area (Å²) in [5.74, 6) is 0. The first kappa shape index (κ1) is 102. The second kappa shape index (κ2) is 56.8. The Hall–Kier alpha value is 1.32. The molecule has 3 N–H and O–H groups in total. The largest absolute Gasteiger partial charge is 0.344 e. The fourth-order valence-electron chi connectivity index (χ4n) is 0. The summed E-state index contributed by atoms with van der Waals surface area (Å²) in [5, 5.41) is 0. The molecule has 0 radical (unpaired) electrons. The van der Waals surface area contributed by atoms with Crippen molar-refractivity contribution >= 4 is 37.2 Å². The van der Waals surface area contributed by atoms with E-state index in [2.05, 4.69) is 0 Å². The van der Waals surface area contributed by atoms with Crippen molar-refractivity contribution in [3.05, 3.63) is 0 Å². The summed E-state index contributed by atoms with van der Waals surface area (Å²) in [4.78, 5) is 0. The quantitative estimate of drug-likeness (QED) is 0.569. The predicted molar refractivity (Wildman–Crippen MR) is 26.8 cm³/mol. The van der Waals surface area contributed by atoms with Crippen LogP contribution in [0.5, 0.6) is 0 Å². The average Bonchev–Trinajstić information content (AvgIpc) is 0. The molecule has 42 valence electrons. The van der Waals surface area contributed by atoms with Crippen molar-refractivity contribution in [3.8, 4) is 0 Å². The zero-order valence-electron chi connectivity index (χ0n) is 2.25. The Kier molecular flexibility index (Phi) is 1160. The van der Waals surface area contributed by atoms with Gasteiger partial charge in [-0.15, -0.1) is 37.2 Å². The van der Waals surface area contributed by atoms with Crippen LogP contribution in [0.25, 0.3) is 0 Å². The summed E-state index contributed by atoms with van der Waals surface area (Å²) < 4.78 is 0. The molecule has 0 aromatic carbocycles. The smallest absolute Gasteiger partial charge is 0 e. The molecule has 0 aromatic rings. The van der Waals surface area contributed by atoms with Crippen LogP contribution in [0, 0.1) is 0 Å². The Morgan fingerprint density at radius 3 is 0.600 bits per heavy atom. The topological polar surface area (TPSA) is 35.0 Å². The van der Waals surface area contributed by atoms with Gasteiger partial charge in [-0.1, -0.05) is 0 Å². The number of halogens is 3. The van der Waals surface area contributed by atoms with Crippen molar-refractivity contribution in [2.45, 2.75) is 0 Å². The van der Waals surface area contributed by atoms with Gasteiger partial charge < -0.3 is 6.15 Å². The molecule has 0 atom stereocenters. The Morgan fingerprint density at radius 2 is 0.600 bits per heavy atom. The summed E-state index contributed by atoms with van der Waals surface area (Å²) in [6.45, 7) is 0. The van der Waals surface area contributed by atoms with Crippen LogP contribution in [0.3, 0.4) is 0 Å². The van der Waals surface area contributed by atoms with E-state index < -0.39 is 0 Å². The summed E-state index contributed by atoms with van der Waals surface area (Å²) in [7, 11) is 0. The number of rotatable bonds is 0. The van der Waals surface area contributed by atoms with Gasteiger partial charge in [-0.05, 0) is 0 Å². The van der Waals surface area contributed by atoms with E-state index in [-0.39, 0.29) is 59.9 Å². The zero-order valence-corrected chi connectivity index (χ0v) is 5.69. The van der Waals surface area contributed by atoms with Gasteiger partial charge in [0, 0.05) is 16.5 Å². The van der Waals surface area contributed by atoms with E-state index in [0.29, 0.717) is 0 Å². The number of hydrogen-bond donors (Lipinski definition) is 1. The van der Waals surface area contributed by atoms with E-state index >= 15 is 0 Å². The minimum absolute atomic E-state index is 0. The molecule has 0 fully saturated rings. The fourth-order valence-corrected chi connectivity index (χ4v) is 0. The van der Waals surface area contributed by atoms with Gasteiger partial charge >= 0.3 is 0 Å². The van der Waals surface area contributed by atoms with E-state index in [0.717, 1.165) is 0 Å².